The number of carbonyl (C=O) groups is 1. The Morgan fingerprint density at radius 2 is 1.89 bits per heavy atom. The molecule has 0 aliphatic carbocycles. The van der Waals surface area contributed by atoms with Crippen molar-refractivity contribution >= 4 is 46.5 Å². The summed E-state index contributed by atoms with van der Waals surface area (Å²) in [5, 5.41) is 2.91. The van der Waals surface area contributed by atoms with E-state index in [0.29, 0.717) is 10.7 Å². The summed E-state index contributed by atoms with van der Waals surface area (Å²) in [5.74, 6) is -0.190. The van der Waals surface area contributed by atoms with Crippen LogP contribution in [0, 0.1) is 0 Å². The Morgan fingerprint density at radius 3 is 2.50 bits per heavy atom. The van der Waals surface area contributed by atoms with E-state index in [1.807, 2.05) is 0 Å². The third-order valence-corrected chi connectivity index (χ3v) is 2.49. The van der Waals surface area contributed by atoms with E-state index in [-0.39, 0.29) is 16.3 Å². The van der Waals surface area contributed by atoms with Crippen LogP contribution < -0.4 is 5.32 Å². The highest BCUT2D eigenvalue weighted by atomic mass is 35.5. The van der Waals surface area contributed by atoms with Crippen molar-refractivity contribution in [2.45, 2.75) is 0 Å². The van der Waals surface area contributed by atoms with Gasteiger partial charge in [0.25, 0.3) is 5.91 Å². The van der Waals surface area contributed by atoms with Crippen LogP contribution in [0.1, 0.15) is 10.4 Å². The SMILES string of the molecule is O=C(Nc1cc(Cl)nc(Cl)n1)c1ccc(Cl)nc1. The van der Waals surface area contributed by atoms with Gasteiger partial charge in [0.1, 0.15) is 16.1 Å². The summed E-state index contributed by atoms with van der Waals surface area (Å²) in [7, 11) is 0. The van der Waals surface area contributed by atoms with Crippen molar-refractivity contribution in [2.24, 2.45) is 0 Å². The summed E-state index contributed by atoms with van der Waals surface area (Å²) in [6.07, 6.45) is 1.35. The van der Waals surface area contributed by atoms with E-state index in [1.165, 1.54) is 24.4 Å². The van der Waals surface area contributed by atoms with Crippen molar-refractivity contribution in [3.05, 3.63) is 45.5 Å². The predicted molar refractivity (Wildman–Crippen MR) is 69.3 cm³/mol. The minimum Gasteiger partial charge on any atom is -0.306 e. The van der Waals surface area contributed by atoms with Gasteiger partial charge in [-0.1, -0.05) is 23.2 Å². The van der Waals surface area contributed by atoms with Gasteiger partial charge < -0.3 is 5.32 Å². The summed E-state index contributed by atoms with van der Waals surface area (Å²) in [5.41, 5.74) is 0.338. The van der Waals surface area contributed by atoms with Crippen LogP contribution in [-0.4, -0.2) is 20.9 Å². The first kappa shape index (κ1) is 13.0. The van der Waals surface area contributed by atoms with Crippen molar-refractivity contribution in [1.82, 2.24) is 15.0 Å². The molecule has 2 aromatic rings. The number of amides is 1. The highest BCUT2D eigenvalue weighted by Crippen LogP contribution is 2.15. The molecule has 18 heavy (non-hydrogen) atoms. The number of carbonyl (C=O) groups excluding carboxylic acids is 1. The number of rotatable bonds is 2. The van der Waals surface area contributed by atoms with Crippen LogP contribution in [0.5, 0.6) is 0 Å². The molecule has 0 unspecified atom stereocenters. The third-order valence-electron chi connectivity index (χ3n) is 1.90. The van der Waals surface area contributed by atoms with Crippen LogP contribution in [0.25, 0.3) is 0 Å². The number of hydrogen-bond acceptors (Lipinski definition) is 4. The normalized spacial score (nSPS) is 10.2. The number of pyridine rings is 1. The van der Waals surface area contributed by atoms with Crippen LogP contribution in [-0.2, 0) is 0 Å². The number of anilines is 1. The molecule has 0 aliphatic rings. The zero-order chi connectivity index (χ0) is 13.1. The zero-order valence-corrected chi connectivity index (χ0v) is 11.0. The molecule has 0 spiro atoms. The lowest BCUT2D eigenvalue weighted by molar-refractivity contribution is 0.102. The maximum absolute atomic E-state index is 11.8. The average molecular weight is 304 g/mol. The molecule has 0 saturated heterocycles. The Labute approximate surface area is 117 Å². The fourth-order valence-electron chi connectivity index (χ4n) is 1.15. The Bertz CT molecular complexity index is 568. The summed E-state index contributed by atoms with van der Waals surface area (Å²) in [6.45, 7) is 0. The molecular weight excluding hydrogens is 298 g/mol. The quantitative estimate of drug-likeness (QED) is 0.526. The largest absolute Gasteiger partial charge is 0.306 e. The average Bonchev–Trinajstić information content (AvgIpc) is 2.28. The van der Waals surface area contributed by atoms with Gasteiger partial charge in [0.05, 0.1) is 5.56 Å². The van der Waals surface area contributed by atoms with E-state index in [9.17, 15) is 4.79 Å². The van der Waals surface area contributed by atoms with Gasteiger partial charge in [0, 0.05) is 12.3 Å². The zero-order valence-electron chi connectivity index (χ0n) is 8.69. The summed E-state index contributed by atoms with van der Waals surface area (Å²) >= 11 is 16.9. The highest BCUT2D eigenvalue weighted by Gasteiger charge is 2.09. The molecule has 0 radical (unpaired) electrons. The summed E-state index contributed by atoms with van der Waals surface area (Å²) in [4.78, 5) is 23.1. The van der Waals surface area contributed by atoms with Gasteiger partial charge in [-0.25, -0.2) is 15.0 Å². The second-order valence-electron chi connectivity index (χ2n) is 3.17. The van der Waals surface area contributed by atoms with Crippen molar-refractivity contribution in [3.63, 3.8) is 0 Å². The maximum Gasteiger partial charge on any atom is 0.258 e. The van der Waals surface area contributed by atoms with E-state index in [2.05, 4.69) is 20.3 Å². The summed E-state index contributed by atoms with van der Waals surface area (Å²) in [6, 6.07) is 4.43. The van der Waals surface area contributed by atoms with Crippen LogP contribution in [0.2, 0.25) is 15.6 Å². The Hall–Kier alpha value is -1.43. The number of nitrogens with one attached hydrogen (secondary N) is 1. The topological polar surface area (TPSA) is 67.8 Å². The second kappa shape index (κ2) is 5.48. The van der Waals surface area contributed by atoms with E-state index < -0.39 is 5.91 Å². The second-order valence-corrected chi connectivity index (χ2v) is 4.28. The fourth-order valence-corrected chi connectivity index (χ4v) is 1.67. The van der Waals surface area contributed by atoms with Crippen LogP contribution in [0.15, 0.2) is 24.4 Å². The lowest BCUT2D eigenvalue weighted by atomic mass is 10.3. The molecule has 0 fully saturated rings. The number of nitrogens with zero attached hydrogens (tertiary/aromatic N) is 3. The molecule has 5 nitrogen and oxygen atoms in total. The fraction of sp³-hybridized carbons (Fsp3) is 0. The summed E-state index contributed by atoms with van der Waals surface area (Å²) < 4.78 is 0. The first-order valence-corrected chi connectivity index (χ1v) is 5.81. The Kier molecular flexibility index (Phi) is 3.96. The van der Waals surface area contributed by atoms with Gasteiger partial charge in [-0.3, -0.25) is 4.79 Å². The monoisotopic (exact) mass is 302 g/mol. The van der Waals surface area contributed by atoms with Gasteiger partial charge >= 0.3 is 0 Å². The standard InChI is InChI=1S/C10H5Cl3N4O/c11-6-2-1-5(4-14-6)9(18)16-8-3-7(12)15-10(13)17-8/h1-4H,(H,15,16,17,18). The number of hydrogen-bond donors (Lipinski definition) is 1. The van der Waals surface area contributed by atoms with Gasteiger partial charge in [-0.15, -0.1) is 0 Å². The van der Waals surface area contributed by atoms with E-state index in [0.717, 1.165) is 0 Å². The van der Waals surface area contributed by atoms with Crippen LogP contribution in [0.3, 0.4) is 0 Å². The van der Waals surface area contributed by atoms with Crippen molar-refractivity contribution in [2.75, 3.05) is 5.32 Å². The van der Waals surface area contributed by atoms with E-state index >= 15 is 0 Å². The molecule has 2 aromatic heterocycles. The molecule has 0 bridgehead atoms. The molecule has 0 saturated carbocycles. The molecule has 8 heteroatoms. The minimum absolute atomic E-state index is 0.0490. The first-order chi connectivity index (χ1) is 8.54. The molecule has 0 atom stereocenters. The number of aromatic nitrogens is 3. The molecule has 0 aliphatic heterocycles. The number of halogens is 3. The van der Waals surface area contributed by atoms with Gasteiger partial charge in [0.2, 0.25) is 5.28 Å². The van der Waals surface area contributed by atoms with Crippen molar-refractivity contribution in [1.29, 1.82) is 0 Å². The van der Waals surface area contributed by atoms with E-state index in [4.69, 9.17) is 34.8 Å². The van der Waals surface area contributed by atoms with Gasteiger partial charge in [0.15, 0.2) is 0 Å². The maximum atomic E-state index is 11.8. The van der Waals surface area contributed by atoms with Gasteiger partial charge in [-0.05, 0) is 23.7 Å². The van der Waals surface area contributed by atoms with Gasteiger partial charge in [-0.2, -0.15) is 0 Å². The van der Waals surface area contributed by atoms with Crippen LogP contribution in [0.4, 0.5) is 5.82 Å². The molecule has 2 heterocycles. The molecule has 2 rings (SSSR count). The smallest absolute Gasteiger partial charge is 0.258 e. The Morgan fingerprint density at radius 1 is 1.11 bits per heavy atom. The Balaban J connectivity index is 2.18. The lowest BCUT2D eigenvalue weighted by Gasteiger charge is -2.04. The third kappa shape index (κ3) is 3.29. The van der Waals surface area contributed by atoms with Crippen molar-refractivity contribution < 1.29 is 4.79 Å². The highest BCUT2D eigenvalue weighted by molar-refractivity contribution is 6.32. The molecule has 1 N–H and O–H groups in total. The predicted octanol–water partition coefficient (Wildman–Crippen LogP) is 3.08. The van der Waals surface area contributed by atoms with Crippen LogP contribution >= 0.6 is 34.8 Å². The molecule has 1 amide bonds. The minimum atomic E-state index is -0.398. The van der Waals surface area contributed by atoms with E-state index in [1.54, 1.807) is 0 Å². The molecular formula is C10H5Cl3N4O. The molecule has 92 valence electrons. The molecule has 0 aromatic carbocycles. The van der Waals surface area contributed by atoms with Crippen molar-refractivity contribution in [3.8, 4) is 0 Å². The lowest BCUT2D eigenvalue weighted by Crippen LogP contribution is -2.13. The first-order valence-electron chi connectivity index (χ1n) is 4.67.